The number of esters is 1. The maximum atomic E-state index is 12.1. The third kappa shape index (κ3) is 4.98. The summed E-state index contributed by atoms with van der Waals surface area (Å²) in [6, 6.07) is 6.76. The van der Waals surface area contributed by atoms with Crippen LogP contribution in [0.3, 0.4) is 0 Å². The first-order chi connectivity index (χ1) is 13.8. The number of hydrogen-bond acceptors (Lipinski definition) is 6. The highest BCUT2D eigenvalue weighted by Crippen LogP contribution is 2.32. The molecule has 0 radical (unpaired) electrons. The second-order valence-corrected chi connectivity index (χ2v) is 7.40. The third-order valence-corrected chi connectivity index (χ3v) is 5.10. The smallest absolute Gasteiger partial charge is 0.338 e. The molecule has 1 aliphatic rings. The number of carbonyl (C=O) groups is 2. The Morgan fingerprint density at radius 1 is 1.31 bits per heavy atom. The Labute approximate surface area is 168 Å². The summed E-state index contributed by atoms with van der Waals surface area (Å²) in [6.45, 7) is 5.24. The van der Waals surface area contributed by atoms with Gasteiger partial charge in [-0.15, -0.1) is 0 Å². The molecule has 1 aromatic heterocycles. The Morgan fingerprint density at radius 2 is 1.97 bits per heavy atom. The van der Waals surface area contributed by atoms with Crippen LogP contribution in [0.5, 0.6) is 0 Å². The molecule has 1 saturated carbocycles. The summed E-state index contributed by atoms with van der Waals surface area (Å²) in [6.07, 6.45) is 2.25. The Balaban J connectivity index is 1.55. The van der Waals surface area contributed by atoms with E-state index >= 15 is 0 Å². The summed E-state index contributed by atoms with van der Waals surface area (Å²) in [4.78, 5) is 34.6. The molecule has 0 unspecified atom stereocenters. The van der Waals surface area contributed by atoms with Crippen LogP contribution in [-0.4, -0.2) is 39.2 Å². The summed E-state index contributed by atoms with van der Waals surface area (Å²) < 4.78 is 6.63. The van der Waals surface area contributed by atoms with Gasteiger partial charge in [0.1, 0.15) is 11.4 Å². The summed E-state index contributed by atoms with van der Waals surface area (Å²) >= 11 is 0. The fraction of sp³-hybridized carbons (Fsp3) is 0.450. The number of aromatic nitrogens is 2. The molecule has 1 amide bonds. The van der Waals surface area contributed by atoms with Crippen molar-refractivity contribution < 1.29 is 19.2 Å². The van der Waals surface area contributed by atoms with Gasteiger partial charge in [-0.1, -0.05) is 12.1 Å². The number of hydrogen-bond donors (Lipinski definition) is 1. The van der Waals surface area contributed by atoms with E-state index in [1.54, 1.807) is 42.8 Å². The molecule has 9 heteroatoms. The highest BCUT2D eigenvalue weighted by atomic mass is 16.6. The van der Waals surface area contributed by atoms with E-state index in [4.69, 9.17) is 4.74 Å². The van der Waals surface area contributed by atoms with Crippen molar-refractivity contribution in [1.29, 1.82) is 0 Å². The second kappa shape index (κ2) is 8.42. The van der Waals surface area contributed by atoms with E-state index in [9.17, 15) is 19.7 Å². The minimum atomic E-state index is -0.576. The van der Waals surface area contributed by atoms with E-state index in [0.717, 1.165) is 18.4 Å². The summed E-state index contributed by atoms with van der Waals surface area (Å²) in [5.74, 6) is -0.348. The van der Waals surface area contributed by atoms with Crippen molar-refractivity contribution in [3.05, 3.63) is 56.9 Å². The number of amides is 1. The lowest BCUT2D eigenvalue weighted by Crippen LogP contribution is -2.37. The van der Waals surface area contributed by atoms with Crippen molar-refractivity contribution in [3.63, 3.8) is 0 Å². The van der Waals surface area contributed by atoms with Gasteiger partial charge in [0.2, 0.25) is 0 Å². The van der Waals surface area contributed by atoms with E-state index in [1.165, 1.54) is 0 Å². The summed E-state index contributed by atoms with van der Waals surface area (Å²) in [5.41, 5.74) is 2.01. The Morgan fingerprint density at radius 3 is 2.52 bits per heavy atom. The molecule has 9 nitrogen and oxygen atoms in total. The Bertz CT molecular complexity index is 931. The molecular formula is C20H24N4O5. The van der Waals surface area contributed by atoms with Crippen molar-refractivity contribution in [2.45, 2.75) is 46.2 Å². The average Bonchev–Trinajstić information content (AvgIpc) is 3.47. The largest absolute Gasteiger partial charge is 0.452 e. The zero-order chi connectivity index (χ0) is 21.1. The van der Waals surface area contributed by atoms with Gasteiger partial charge in [0.15, 0.2) is 6.61 Å². The highest BCUT2D eigenvalue weighted by molar-refractivity contribution is 5.91. The minimum absolute atomic E-state index is 0.0134. The number of nitrogens with one attached hydrogen (secondary N) is 1. The van der Waals surface area contributed by atoms with Gasteiger partial charge in [-0.05, 0) is 57.2 Å². The minimum Gasteiger partial charge on any atom is -0.452 e. The SMILES string of the molecule is Cc1nn(Cc2ccc(C(=O)OCC(=O)N[C@H](C)C3CC3)cc2)c(C)c1[N+](=O)[O-]. The molecule has 154 valence electrons. The predicted octanol–water partition coefficient (Wildman–Crippen LogP) is 2.53. The van der Waals surface area contributed by atoms with E-state index in [-0.39, 0.29) is 24.2 Å². The Hall–Kier alpha value is -3.23. The third-order valence-electron chi connectivity index (χ3n) is 5.10. The van der Waals surface area contributed by atoms with Crippen LogP contribution in [0.2, 0.25) is 0 Å². The number of rotatable bonds is 8. The van der Waals surface area contributed by atoms with Crippen LogP contribution in [0, 0.1) is 29.9 Å². The zero-order valence-electron chi connectivity index (χ0n) is 16.7. The molecule has 1 fully saturated rings. The van der Waals surface area contributed by atoms with E-state index < -0.39 is 10.9 Å². The topological polar surface area (TPSA) is 116 Å². The zero-order valence-corrected chi connectivity index (χ0v) is 16.7. The van der Waals surface area contributed by atoms with Gasteiger partial charge >= 0.3 is 11.7 Å². The van der Waals surface area contributed by atoms with Gasteiger partial charge in [-0.25, -0.2) is 4.79 Å². The molecule has 1 heterocycles. The van der Waals surface area contributed by atoms with Crippen LogP contribution in [0.15, 0.2) is 24.3 Å². The number of nitro groups is 1. The van der Waals surface area contributed by atoms with Crippen LogP contribution >= 0.6 is 0 Å². The molecule has 29 heavy (non-hydrogen) atoms. The van der Waals surface area contributed by atoms with Crippen molar-refractivity contribution >= 4 is 17.6 Å². The van der Waals surface area contributed by atoms with Gasteiger partial charge in [0.05, 0.1) is 17.0 Å². The lowest BCUT2D eigenvalue weighted by atomic mass is 10.1. The van der Waals surface area contributed by atoms with Gasteiger partial charge in [0, 0.05) is 6.04 Å². The fourth-order valence-electron chi connectivity index (χ4n) is 3.25. The average molecular weight is 400 g/mol. The lowest BCUT2D eigenvalue weighted by molar-refractivity contribution is -0.386. The maximum absolute atomic E-state index is 12.1. The van der Waals surface area contributed by atoms with Gasteiger partial charge in [-0.2, -0.15) is 5.10 Å². The van der Waals surface area contributed by atoms with Gasteiger partial charge in [-0.3, -0.25) is 19.6 Å². The monoisotopic (exact) mass is 400 g/mol. The molecule has 2 aromatic rings. The highest BCUT2D eigenvalue weighted by Gasteiger charge is 2.29. The van der Waals surface area contributed by atoms with E-state index in [1.807, 2.05) is 6.92 Å². The van der Waals surface area contributed by atoms with E-state index in [0.29, 0.717) is 29.4 Å². The predicted molar refractivity (Wildman–Crippen MR) is 105 cm³/mol. The molecule has 0 saturated heterocycles. The van der Waals surface area contributed by atoms with Crippen LogP contribution in [0.4, 0.5) is 5.69 Å². The summed E-state index contributed by atoms with van der Waals surface area (Å²) in [5, 5.41) is 18.1. The van der Waals surface area contributed by atoms with E-state index in [2.05, 4.69) is 10.4 Å². The normalized spacial score (nSPS) is 14.3. The fourth-order valence-corrected chi connectivity index (χ4v) is 3.25. The van der Waals surface area contributed by atoms with Crippen molar-refractivity contribution in [2.24, 2.45) is 5.92 Å². The molecular weight excluding hydrogens is 376 g/mol. The first-order valence-corrected chi connectivity index (χ1v) is 9.50. The quantitative estimate of drug-likeness (QED) is 0.413. The number of ether oxygens (including phenoxy) is 1. The van der Waals surface area contributed by atoms with Crippen molar-refractivity contribution in [2.75, 3.05) is 6.61 Å². The number of nitrogens with zero attached hydrogens (tertiary/aromatic N) is 3. The molecule has 0 spiro atoms. The summed E-state index contributed by atoms with van der Waals surface area (Å²) in [7, 11) is 0. The molecule has 0 bridgehead atoms. The first kappa shape index (κ1) is 20.5. The van der Waals surface area contributed by atoms with Gasteiger partial charge < -0.3 is 10.1 Å². The molecule has 1 atom stereocenters. The first-order valence-electron chi connectivity index (χ1n) is 9.50. The maximum Gasteiger partial charge on any atom is 0.338 e. The molecule has 1 aliphatic carbocycles. The number of carbonyl (C=O) groups excluding carboxylic acids is 2. The van der Waals surface area contributed by atoms with Crippen LogP contribution < -0.4 is 5.32 Å². The molecule has 0 aliphatic heterocycles. The van der Waals surface area contributed by atoms with Gasteiger partial charge in [0.25, 0.3) is 5.91 Å². The Kier molecular flexibility index (Phi) is 5.95. The van der Waals surface area contributed by atoms with Crippen LogP contribution in [0.1, 0.15) is 47.1 Å². The molecule has 1 N–H and O–H groups in total. The molecule has 1 aromatic carbocycles. The second-order valence-electron chi connectivity index (χ2n) is 7.40. The van der Waals surface area contributed by atoms with Crippen molar-refractivity contribution in [1.82, 2.24) is 15.1 Å². The standard InChI is InChI=1S/C20H24N4O5/c1-12(16-8-9-16)21-18(25)11-29-20(26)17-6-4-15(5-7-17)10-23-14(3)19(24(27)28)13(2)22-23/h4-7,12,16H,8-11H2,1-3H3,(H,21,25)/t12-/m1/s1. The van der Waals surface area contributed by atoms with Crippen LogP contribution in [-0.2, 0) is 16.1 Å². The number of benzene rings is 1. The van der Waals surface area contributed by atoms with Crippen molar-refractivity contribution in [3.8, 4) is 0 Å². The van der Waals surface area contributed by atoms with Crippen LogP contribution in [0.25, 0.3) is 0 Å². The number of aryl methyl sites for hydroxylation is 1. The molecule has 3 rings (SSSR count). The lowest BCUT2D eigenvalue weighted by Gasteiger charge is -2.12.